The van der Waals surface area contributed by atoms with Crippen LogP contribution in [0.1, 0.15) is 0 Å². The lowest BCUT2D eigenvalue weighted by Crippen LogP contribution is -1.87. The van der Waals surface area contributed by atoms with E-state index in [1.807, 2.05) is 24.3 Å². The van der Waals surface area contributed by atoms with Gasteiger partial charge in [-0.25, -0.2) is 15.0 Å². The molecule has 0 saturated carbocycles. The summed E-state index contributed by atoms with van der Waals surface area (Å²) < 4.78 is 5.75. The summed E-state index contributed by atoms with van der Waals surface area (Å²) in [4.78, 5) is 12.4. The average Bonchev–Trinajstić information content (AvgIpc) is 2.91. The Balaban J connectivity index is 2.05. The summed E-state index contributed by atoms with van der Waals surface area (Å²) in [6, 6.07) is 9.14. The standard InChI is InChI=1S/C15H8ClN3O2/c16-13-5-8-9(6-17-13)14(20)18-7-10(8)15-19-11-3-1-2-4-12(11)21-15/h1-7H,(H,18,20). The first-order valence-corrected chi connectivity index (χ1v) is 6.59. The number of aromatic hydroxyl groups is 1. The van der Waals surface area contributed by atoms with E-state index in [-0.39, 0.29) is 5.88 Å². The molecule has 0 aliphatic carbocycles. The topological polar surface area (TPSA) is 72.0 Å². The van der Waals surface area contributed by atoms with E-state index in [9.17, 15) is 5.11 Å². The number of halogens is 1. The second kappa shape index (κ2) is 4.43. The van der Waals surface area contributed by atoms with E-state index < -0.39 is 0 Å². The lowest BCUT2D eigenvalue weighted by Gasteiger charge is -2.04. The molecule has 5 nitrogen and oxygen atoms in total. The summed E-state index contributed by atoms with van der Waals surface area (Å²) in [5.41, 5.74) is 2.10. The van der Waals surface area contributed by atoms with Gasteiger partial charge in [-0.3, -0.25) is 0 Å². The van der Waals surface area contributed by atoms with Gasteiger partial charge in [0.05, 0.1) is 10.9 Å². The quantitative estimate of drug-likeness (QED) is 0.541. The van der Waals surface area contributed by atoms with Crippen LogP contribution in [0.2, 0.25) is 5.15 Å². The highest BCUT2D eigenvalue weighted by atomic mass is 35.5. The van der Waals surface area contributed by atoms with Gasteiger partial charge >= 0.3 is 0 Å². The van der Waals surface area contributed by atoms with Crippen molar-refractivity contribution in [2.24, 2.45) is 0 Å². The molecule has 4 aromatic rings. The maximum Gasteiger partial charge on any atom is 0.229 e. The van der Waals surface area contributed by atoms with Crippen molar-refractivity contribution >= 4 is 33.5 Å². The number of hydrogen-bond donors (Lipinski definition) is 1. The van der Waals surface area contributed by atoms with Gasteiger partial charge in [-0.05, 0) is 18.2 Å². The van der Waals surface area contributed by atoms with Crippen LogP contribution in [0.15, 0.2) is 47.1 Å². The van der Waals surface area contributed by atoms with Gasteiger partial charge in [0.1, 0.15) is 10.7 Å². The minimum Gasteiger partial charge on any atom is -0.493 e. The average molecular weight is 298 g/mol. The van der Waals surface area contributed by atoms with Gasteiger partial charge in [-0.1, -0.05) is 23.7 Å². The summed E-state index contributed by atoms with van der Waals surface area (Å²) in [6.07, 6.45) is 2.99. The predicted octanol–water partition coefficient (Wildman–Crippen LogP) is 3.80. The van der Waals surface area contributed by atoms with Crippen LogP contribution in [0.5, 0.6) is 5.88 Å². The van der Waals surface area contributed by atoms with Gasteiger partial charge in [0.15, 0.2) is 5.58 Å². The zero-order valence-corrected chi connectivity index (χ0v) is 11.4. The molecule has 4 rings (SSSR count). The van der Waals surface area contributed by atoms with E-state index >= 15 is 0 Å². The third kappa shape index (κ3) is 1.90. The van der Waals surface area contributed by atoms with Crippen LogP contribution < -0.4 is 0 Å². The number of hydrogen-bond acceptors (Lipinski definition) is 5. The number of fused-ring (bicyclic) bond motifs is 2. The summed E-state index contributed by atoms with van der Waals surface area (Å²) in [7, 11) is 0. The van der Waals surface area contributed by atoms with E-state index in [0.29, 0.717) is 33.0 Å². The third-order valence-electron chi connectivity index (χ3n) is 3.24. The van der Waals surface area contributed by atoms with E-state index in [2.05, 4.69) is 15.0 Å². The highest BCUT2D eigenvalue weighted by Crippen LogP contribution is 2.33. The van der Waals surface area contributed by atoms with Gasteiger partial charge in [0.2, 0.25) is 11.8 Å². The first-order chi connectivity index (χ1) is 10.2. The SMILES string of the molecule is Oc1ncc(-c2nc3ccccc3o2)c2cc(Cl)ncc12. The van der Waals surface area contributed by atoms with Gasteiger partial charge in [-0.15, -0.1) is 0 Å². The molecule has 0 aliphatic rings. The molecule has 1 aromatic carbocycles. The van der Waals surface area contributed by atoms with Gasteiger partial charge in [0.25, 0.3) is 0 Å². The van der Waals surface area contributed by atoms with Gasteiger partial charge in [0, 0.05) is 17.8 Å². The number of benzene rings is 1. The lowest BCUT2D eigenvalue weighted by molar-refractivity contribution is 0.460. The molecule has 0 spiro atoms. The van der Waals surface area contributed by atoms with Crippen LogP contribution in [0, 0.1) is 0 Å². The van der Waals surface area contributed by atoms with Crippen molar-refractivity contribution in [2.45, 2.75) is 0 Å². The molecule has 21 heavy (non-hydrogen) atoms. The molecule has 6 heteroatoms. The van der Waals surface area contributed by atoms with E-state index in [1.54, 1.807) is 6.07 Å². The molecule has 102 valence electrons. The molecule has 0 bridgehead atoms. The minimum absolute atomic E-state index is 0.103. The van der Waals surface area contributed by atoms with Crippen molar-refractivity contribution in [3.63, 3.8) is 0 Å². The molecular weight excluding hydrogens is 290 g/mol. The molecule has 0 saturated heterocycles. The maximum absolute atomic E-state index is 9.83. The molecule has 0 fully saturated rings. The van der Waals surface area contributed by atoms with E-state index in [0.717, 1.165) is 5.52 Å². The Kier molecular flexibility index (Phi) is 2.55. The molecule has 0 unspecified atom stereocenters. The van der Waals surface area contributed by atoms with Crippen LogP contribution in [0.25, 0.3) is 33.3 Å². The fraction of sp³-hybridized carbons (Fsp3) is 0. The smallest absolute Gasteiger partial charge is 0.229 e. The second-order valence-corrected chi connectivity index (χ2v) is 4.92. The Hall–Kier alpha value is -2.66. The number of rotatable bonds is 1. The minimum atomic E-state index is -0.103. The van der Waals surface area contributed by atoms with Crippen molar-refractivity contribution in [1.29, 1.82) is 0 Å². The molecular formula is C15H8ClN3O2. The predicted molar refractivity (Wildman–Crippen MR) is 79.2 cm³/mol. The highest BCUT2D eigenvalue weighted by molar-refractivity contribution is 6.30. The Labute approximate surface area is 123 Å². The summed E-state index contributed by atoms with van der Waals surface area (Å²) >= 11 is 5.94. The lowest BCUT2D eigenvalue weighted by atomic mass is 10.1. The highest BCUT2D eigenvalue weighted by Gasteiger charge is 2.14. The molecule has 0 aliphatic heterocycles. The van der Waals surface area contributed by atoms with Gasteiger partial charge in [-0.2, -0.15) is 0 Å². The number of oxazole rings is 1. The Morgan fingerprint density at radius 3 is 2.76 bits per heavy atom. The Morgan fingerprint density at radius 1 is 1.05 bits per heavy atom. The Morgan fingerprint density at radius 2 is 1.90 bits per heavy atom. The number of nitrogens with zero attached hydrogens (tertiary/aromatic N) is 3. The molecule has 3 aromatic heterocycles. The molecule has 0 atom stereocenters. The normalized spacial score (nSPS) is 11.3. The first kappa shape index (κ1) is 12.1. The van der Waals surface area contributed by atoms with Crippen molar-refractivity contribution in [3.05, 3.63) is 47.9 Å². The van der Waals surface area contributed by atoms with E-state index in [4.69, 9.17) is 16.0 Å². The summed E-state index contributed by atoms with van der Waals surface area (Å²) in [5, 5.41) is 11.3. The van der Waals surface area contributed by atoms with Crippen LogP contribution in [0.4, 0.5) is 0 Å². The van der Waals surface area contributed by atoms with Crippen LogP contribution in [-0.2, 0) is 0 Å². The van der Waals surface area contributed by atoms with Crippen LogP contribution >= 0.6 is 11.6 Å². The van der Waals surface area contributed by atoms with E-state index in [1.165, 1.54) is 12.4 Å². The number of para-hydroxylation sites is 2. The van der Waals surface area contributed by atoms with Crippen molar-refractivity contribution in [1.82, 2.24) is 15.0 Å². The van der Waals surface area contributed by atoms with Crippen LogP contribution in [0.3, 0.4) is 0 Å². The van der Waals surface area contributed by atoms with Crippen molar-refractivity contribution < 1.29 is 9.52 Å². The summed E-state index contributed by atoms with van der Waals surface area (Å²) in [6.45, 7) is 0. The number of pyridine rings is 2. The molecule has 0 radical (unpaired) electrons. The second-order valence-electron chi connectivity index (χ2n) is 4.53. The Bertz CT molecular complexity index is 948. The van der Waals surface area contributed by atoms with Gasteiger partial charge < -0.3 is 9.52 Å². The largest absolute Gasteiger partial charge is 0.493 e. The third-order valence-corrected chi connectivity index (χ3v) is 3.45. The zero-order chi connectivity index (χ0) is 14.4. The molecule has 0 amide bonds. The van der Waals surface area contributed by atoms with Crippen LogP contribution in [-0.4, -0.2) is 20.1 Å². The fourth-order valence-electron chi connectivity index (χ4n) is 2.25. The van der Waals surface area contributed by atoms with Crippen molar-refractivity contribution in [2.75, 3.05) is 0 Å². The maximum atomic E-state index is 9.83. The summed E-state index contributed by atoms with van der Waals surface area (Å²) in [5.74, 6) is 0.324. The zero-order valence-electron chi connectivity index (χ0n) is 10.6. The fourth-order valence-corrected chi connectivity index (χ4v) is 2.41. The molecule has 3 heterocycles. The first-order valence-electron chi connectivity index (χ1n) is 6.21. The van der Waals surface area contributed by atoms with Crippen molar-refractivity contribution in [3.8, 4) is 17.3 Å². The number of aromatic nitrogens is 3. The molecule has 1 N–H and O–H groups in total. The monoisotopic (exact) mass is 297 g/mol.